The number of carbonyl (C=O) groups is 2. The zero-order chi connectivity index (χ0) is 15.3. The minimum atomic E-state index is -1.37. The first-order valence-electron chi connectivity index (χ1n) is 6.10. The maximum absolute atomic E-state index is 11.0. The third-order valence-electron chi connectivity index (χ3n) is 3.79. The third-order valence-corrected chi connectivity index (χ3v) is 3.79. The van der Waals surface area contributed by atoms with Crippen molar-refractivity contribution in [2.24, 2.45) is 0 Å². The number of hydrogen-bond acceptors (Lipinski definition) is 4. The molecule has 2 N–H and O–H groups in total. The van der Waals surface area contributed by atoms with Gasteiger partial charge in [0.2, 0.25) is 0 Å². The lowest BCUT2D eigenvalue weighted by molar-refractivity contribution is 0.00578. The summed E-state index contributed by atoms with van der Waals surface area (Å²) in [6, 6.07) is 1.25. The third kappa shape index (κ3) is 2.21. The monoisotopic (exact) mass is 281 g/mol. The summed E-state index contributed by atoms with van der Waals surface area (Å²) in [6.07, 6.45) is -0.168. The van der Waals surface area contributed by atoms with Crippen molar-refractivity contribution >= 4 is 24.6 Å². The van der Waals surface area contributed by atoms with Crippen molar-refractivity contribution < 1.29 is 29.1 Å². The minimum Gasteiger partial charge on any atom is -0.477 e. The van der Waals surface area contributed by atoms with E-state index in [9.17, 15) is 9.59 Å². The summed E-state index contributed by atoms with van der Waals surface area (Å²) in [5.74, 6) is -1.32. The average molecular weight is 281 g/mol. The molecule has 0 spiro atoms. The Morgan fingerprint density at radius 2 is 1.65 bits per heavy atom. The van der Waals surface area contributed by atoms with Crippen LogP contribution in [0.1, 0.15) is 38.2 Å². The van der Waals surface area contributed by atoms with Gasteiger partial charge < -0.3 is 19.5 Å². The van der Waals surface area contributed by atoms with Gasteiger partial charge in [-0.05, 0) is 33.8 Å². The molecule has 108 valence electrons. The van der Waals surface area contributed by atoms with Gasteiger partial charge in [-0.15, -0.1) is 0 Å². The predicted molar refractivity (Wildman–Crippen MR) is 70.5 cm³/mol. The molecule has 0 aliphatic carbocycles. The van der Waals surface area contributed by atoms with Crippen LogP contribution in [-0.4, -0.2) is 45.2 Å². The van der Waals surface area contributed by atoms with Gasteiger partial charge in [0.25, 0.3) is 0 Å². The molecule has 1 aliphatic heterocycles. The first kappa shape index (κ1) is 14.6. The van der Waals surface area contributed by atoms with E-state index in [0.717, 1.165) is 0 Å². The second-order valence-corrected chi connectivity index (χ2v) is 5.70. The van der Waals surface area contributed by atoms with E-state index >= 15 is 0 Å². The van der Waals surface area contributed by atoms with Gasteiger partial charge in [0.05, 0.1) is 11.2 Å². The fraction of sp³-hybridized carbons (Fsp3) is 0.500. The Morgan fingerprint density at radius 1 is 1.15 bits per heavy atom. The van der Waals surface area contributed by atoms with Crippen LogP contribution in [0.3, 0.4) is 0 Å². The summed E-state index contributed by atoms with van der Waals surface area (Å²) in [4.78, 5) is 22.1. The van der Waals surface area contributed by atoms with Crippen LogP contribution in [0.4, 0.5) is 4.79 Å². The predicted octanol–water partition coefficient (Wildman–Crippen LogP) is 1.01. The first-order valence-corrected chi connectivity index (χ1v) is 6.10. The molecular formula is C12H16BNO6. The Hall–Kier alpha value is -1.80. The van der Waals surface area contributed by atoms with Gasteiger partial charge in [-0.2, -0.15) is 0 Å². The Bertz CT molecular complexity index is 529. The molecule has 1 fully saturated rings. The van der Waals surface area contributed by atoms with E-state index in [0.29, 0.717) is 10.0 Å². The van der Waals surface area contributed by atoms with Crippen molar-refractivity contribution in [1.82, 2.24) is 4.57 Å². The molecule has 0 saturated carbocycles. The SMILES string of the molecule is CC1(C)OB(c2cc(C(=O)O)n(C(=O)O)c2)OC1(C)C. The van der Waals surface area contributed by atoms with Gasteiger partial charge in [0, 0.05) is 11.7 Å². The number of nitrogens with zero attached hydrogens (tertiary/aromatic N) is 1. The largest absolute Gasteiger partial charge is 0.496 e. The maximum atomic E-state index is 11.0. The van der Waals surface area contributed by atoms with E-state index in [-0.39, 0.29) is 5.69 Å². The van der Waals surface area contributed by atoms with Crippen molar-refractivity contribution in [3.8, 4) is 0 Å². The van der Waals surface area contributed by atoms with Gasteiger partial charge in [0.1, 0.15) is 5.69 Å². The molecule has 0 unspecified atom stereocenters. The highest BCUT2D eigenvalue weighted by Crippen LogP contribution is 2.36. The van der Waals surface area contributed by atoms with Gasteiger partial charge in [-0.1, -0.05) is 0 Å². The van der Waals surface area contributed by atoms with Crippen LogP contribution >= 0.6 is 0 Å². The first-order chi connectivity index (χ1) is 9.05. The molecule has 1 aliphatic rings. The molecule has 0 radical (unpaired) electrons. The van der Waals surface area contributed by atoms with Crippen LogP contribution in [-0.2, 0) is 9.31 Å². The number of rotatable bonds is 2. The number of carboxylic acids is 1. The van der Waals surface area contributed by atoms with Crippen LogP contribution in [0, 0.1) is 0 Å². The summed E-state index contributed by atoms with van der Waals surface area (Å²) in [7, 11) is -0.793. The standard InChI is InChI=1S/C12H16BNO6/c1-11(2)12(3,4)20-13(19-11)7-5-8(9(15)16)14(6-7)10(17)18/h5-6H,1-4H3,(H,15,16)(H,17,18). The fourth-order valence-electron chi connectivity index (χ4n) is 1.91. The molecule has 2 rings (SSSR count). The lowest BCUT2D eigenvalue weighted by atomic mass is 9.81. The van der Waals surface area contributed by atoms with Crippen molar-refractivity contribution in [2.45, 2.75) is 38.9 Å². The molecule has 0 atom stereocenters. The van der Waals surface area contributed by atoms with Crippen LogP contribution in [0.25, 0.3) is 0 Å². The second-order valence-electron chi connectivity index (χ2n) is 5.70. The van der Waals surface area contributed by atoms with Crippen LogP contribution in [0.2, 0.25) is 0 Å². The number of aromatic nitrogens is 1. The molecule has 1 saturated heterocycles. The molecule has 20 heavy (non-hydrogen) atoms. The highest BCUT2D eigenvalue weighted by molar-refractivity contribution is 6.62. The molecule has 2 heterocycles. The Kier molecular flexibility index (Phi) is 3.18. The smallest absolute Gasteiger partial charge is 0.477 e. The molecule has 0 bridgehead atoms. The van der Waals surface area contributed by atoms with Crippen LogP contribution in [0.15, 0.2) is 12.3 Å². The van der Waals surface area contributed by atoms with Gasteiger partial charge >= 0.3 is 19.2 Å². The van der Waals surface area contributed by atoms with Crippen molar-refractivity contribution in [3.63, 3.8) is 0 Å². The molecule has 1 aromatic rings. The summed E-state index contributed by atoms with van der Waals surface area (Å²) in [6.45, 7) is 7.44. The minimum absolute atomic E-state index is 0.345. The zero-order valence-corrected chi connectivity index (χ0v) is 11.7. The average Bonchev–Trinajstić information content (AvgIpc) is 2.79. The van der Waals surface area contributed by atoms with Crippen LogP contribution < -0.4 is 5.46 Å². The zero-order valence-electron chi connectivity index (χ0n) is 11.7. The molecule has 0 amide bonds. The molecule has 8 heteroatoms. The van der Waals surface area contributed by atoms with Gasteiger partial charge in [-0.25, -0.2) is 14.2 Å². The fourth-order valence-corrected chi connectivity index (χ4v) is 1.91. The van der Waals surface area contributed by atoms with E-state index in [2.05, 4.69) is 0 Å². The molecular weight excluding hydrogens is 265 g/mol. The van der Waals surface area contributed by atoms with Crippen LogP contribution in [0.5, 0.6) is 0 Å². The lowest BCUT2D eigenvalue weighted by Crippen LogP contribution is -2.41. The summed E-state index contributed by atoms with van der Waals surface area (Å²) in [5, 5.41) is 18.0. The highest BCUT2D eigenvalue weighted by Gasteiger charge is 2.52. The van der Waals surface area contributed by atoms with E-state index in [1.54, 1.807) is 0 Å². The van der Waals surface area contributed by atoms with Crippen molar-refractivity contribution in [1.29, 1.82) is 0 Å². The van der Waals surface area contributed by atoms with Gasteiger partial charge in [-0.3, -0.25) is 0 Å². The summed E-state index contributed by atoms with van der Waals surface area (Å²) < 4.78 is 12.2. The Labute approximate surface area is 116 Å². The Balaban J connectivity index is 2.39. The van der Waals surface area contributed by atoms with Crippen molar-refractivity contribution in [2.75, 3.05) is 0 Å². The number of carboxylic acid groups (broad SMARTS) is 2. The maximum Gasteiger partial charge on any atom is 0.496 e. The summed E-state index contributed by atoms with van der Waals surface area (Å²) in [5.41, 5.74) is -1.13. The van der Waals surface area contributed by atoms with E-state index in [1.165, 1.54) is 12.3 Å². The topological polar surface area (TPSA) is 98.0 Å². The van der Waals surface area contributed by atoms with Crippen molar-refractivity contribution in [3.05, 3.63) is 18.0 Å². The summed E-state index contributed by atoms with van der Waals surface area (Å²) >= 11 is 0. The van der Waals surface area contributed by atoms with E-state index < -0.39 is 30.4 Å². The lowest BCUT2D eigenvalue weighted by Gasteiger charge is -2.32. The normalized spacial score (nSPS) is 20.1. The van der Waals surface area contributed by atoms with E-state index in [1.807, 2.05) is 27.7 Å². The molecule has 0 aromatic carbocycles. The van der Waals surface area contributed by atoms with E-state index in [4.69, 9.17) is 19.5 Å². The number of hydrogen-bond donors (Lipinski definition) is 2. The Morgan fingerprint density at radius 3 is 2.00 bits per heavy atom. The highest BCUT2D eigenvalue weighted by atomic mass is 16.7. The molecule has 7 nitrogen and oxygen atoms in total. The quantitative estimate of drug-likeness (QED) is 0.785. The molecule has 1 aromatic heterocycles. The second kappa shape index (κ2) is 4.36. The number of aromatic carboxylic acids is 1. The van der Waals surface area contributed by atoms with Gasteiger partial charge in [0.15, 0.2) is 0 Å².